The Bertz CT molecular complexity index is 558. The van der Waals surface area contributed by atoms with Crippen LogP contribution in [-0.2, 0) is 16.0 Å². The zero-order valence-corrected chi connectivity index (χ0v) is 13.0. The van der Waals surface area contributed by atoms with Crippen molar-refractivity contribution >= 4 is 17.4 Å². The Kier molecular flexibility index (Phi) is 3.49. The van der Waals surface area contributed by atoms with Crippen LogP contribution in [0.4, 0.5) is 5.69 Å². The molecular formula is C17H23NO2. The molecule has 0 spiro atoms. The van der Waals surface area contributed by atoms with Crippen LogP contribution in [0.15, 0.2) is 24.3 Å². The van der Waals surface area contributed by atoms with Crippen molar-refractivity contribution in [2.75, 3.05) is 4.90 Å². The number of carbonyl (C=O) groups is 2. The first-order valence-corrected chi connectivity index (χ1v) is 7.17. The molecule has 0 aliphatic carbocycles. The van der Waals surface area contributed by atoms with E-state index < -0.39 is 11.0 Å². The molecule has 1 aliphatic heterocycles. The number of carbonyl (C=O) groups excluding carboxylic acids is 2. The lowest BCUT2D eigenvalue weighted by Gasteiger charge is -2.46. The summed E-state index contributed by atoms with van der Waals surface area (Å²) in [7, 11) is 0. The Balaban J connectivity index is 2.61. The van der Waals surface area contributed by atoms with Crippen LogP contribution < -0.4 is 4.90 Å². The van der Waals surface area contributed by atoms with Gasteiger partial charge in [-0.2, -0.15) is 0 Å². The monoisotopic (exact) mass is 273 g/mol. The molecule has 2 rings (SSSR count). The van der Waals surface area contributed by atoms with Gasteiger partial charge in [-0.3, -0.25) is 14.5 Å². The van der Waals surface area contributed by atoms with Gasteiger partial charge in [0.1, 0.15) is 5.54 Å². The molecule has 1 heterocycles. The molecule has 0 aromatic heterocycles. The molecule has 0 unspecified atom stereocenters. The summed E-state index contributed by atoms with van der Waals surface area (Å²) >= 11 is 0. The summed E-state index contributed by atoms with van der Waals surface area (Å²) in [5.74, 6) is 0.112. The predicted molar refractivity (Wildman–Crippen MR) is 80.8 cm³/mol. The summed E-state index contributed by atoms with van der Waals surface area (Å²) in [6, 6.07) is 7.89. The fraction of sp³-hybridized carbons (Fsp3) is 0.529. The van der Waals surface area contributed by atoms with Crippen LogP contribution in [0.3, 0.4) is 0 Å². The van der Waals surface area contributed by atoms with Gasteiger partial charge < -0.3 is 0 Å². The largest absolute Gasteiger partial charge is 0.299 e. The molecule has 3 nitrogen and oxygen atoms in total. The van der Waals surface area contributed by atoms with E-state index in [1.807, 2.05) is 58.9 Å². The maximum Gasteiger partial charge on any atom is 0.233 e. The summed E-state index contributed by atoms with van der Waals surface area (Å²) in [5, 5.41) is 0. The second kappa shape index (κ2) is 4.72. The Morgan fingerprint density at radius 2 is 1.90 bits per heavy atom. The van der Waals surface area contributed by atoms with E-state index in [9.17, 15) is 9.59 Å². The summed E-state index contributed by atoms with van der Waals surface area (Å²) < 4.78 is 0. The van der Waals surface area contributed by atoms with Gasteiger partial charge in [0.25, 0.3) is 0 Å². The van der Waals surface area contributed by atoms with E-state index in [1.165, 1.54) is 0 Å². The van der Waals surface area contributed by atoms with Gasteiger partial charge in [0.2, 0.25) is 5.91 Å². The molecule has 0 N–H and O–H groups in total. The third kappa shape index (κ3) is 2.15. The number of hydrogen-bond acceptors (Lipinski definition) is 2. The summed E-state index contributed by atoms with van der Waals surface area (Å²) in [4.78, 5) is 26.9. The Morgan fingerprint density at radius 3 is 2.50 bits per heavy atom. The van der Waals surface area contributed by atoms with Gasteiger partial charge in [0, 0.05) is 17.5 Å². The van der Waals surface area contributed by atoms with E-state index in [-0.39, 0.29) is 11.7 Å². The Hall–Kier alpha value is -1.64. The molecule has 0 atom stereocenters. The first kappa shape index (κ1) is 14.8. The predicted octanol–water partition coefficient (Wildman–Crippen LogP) is 3.36. The fourth-order valence-electron chi connectivity index (χ4n) is 2.95. The number of rotatable bonds is 3. The van der Waals surface area contributed by atoms with Gasteiger partial charge in [-0.05, 0) is 31.9 Å². The molecule has 0 saturated carbocycles. The minimum Gasteiger partial charge on any atom is -0.299 e. The molecular weight excluding hydrogens is 250 g/mol. The first-order valence-electron chi connectivity index (χ1n) is 7.17. The molecule has 1 aromatic carbocycles. The number of Topliss-reactive ketones (excluding diaryl/α,β-unsaturated/α-hetero) is 1. The van der Waals surface area contributed by atoms with Crippen molar-refractivity contribution in [3.63, 3.8) is 0 Å². The maximum absolute atomic E-state index is 12.9. The Labute approximate surface area is 121 Å². The van der Waals surface area contributed by atoms with Crippen LogP contribution in [0.5, 0.6) is 0 Å². The van der Waals surface area contributed by atoms with E-state index in [0.29, 0.717) is 6.42 Å². The van der Waals surface area contributed by atoms with Crippen LogP contribution in [0.2, 0.25) is 0 Å². The first-order chi connectivity index (χ1) is 9.21. The van der Waals surface area contributed by atoms with Crippen LogP contribution in [0.1, 0.15) is 46.6 Å². The van der Waals surface area contributed by atoms with Crippen LogP contribution in [0, 0.1) is 5.41 Å². The molecule has 0 radical (unpaired) electrons. The van der Waals surface area contributed by atoms with Crippen molar-refractivity contribution in [1.29, 1.82) is 0 Å². The van der Waals surface area contributed by atoms with Crippen molar-refractivity contribution in [2.45, 2.75) is 53.0 Å². The van der Waals surface area contributed by atoms with E-state index in [4.69, 9.17) is 0 Å². The van der Waals surface area contributed by atoms with Gasteiger partial charge in [0.05, 0.1) is 0 Å². The lowest BCUT2D eigenvalue weighted by Crippen LogP contribution is -2.59. The molecule has 0 bridgehead atoms. The molecule has 0 saturated heterocycles. The van der Waals surface area contributed by atoms with Crippen LogP contribution in [-0.4, -0.2) is 17.2 Å². The number of fused-ring (bicyclic) bond motifs is 1. The van der Waals surface area contributed by atoms with Crippen molar-refractivity contribution in [3.05, 3.63) is 29.8 Å². The molecule has 1 aliphatic rings. The van der Waals surface area contributed by atoms with Gasteiger partial charge >= 0.3 is 0 Å². The van der Waals surface area contributed by atoms with Gasteiger partial charge in [0.15, 0.2) is 5.78 Å². The second-order valence-corrected chi connectivity index (χ2v) is 6.67. The topological polar surface area (TPSA) is 37.4 Å². The molecule has 3 heteroatoms. The quantitative estimate of drug-likeness (QED) is 0.847. The average Bonchev–Trinajstić information content (AvgIpc) is 2.38. The number of ketones is 1. The highest BCUT2D eigenvalue weighted by Crippen LogP contribution is 2.41. The van der Waals surface area contributed by atoms with Crippen LogP contribution >= 0.6 is 0 Å². The minimum atomic E-state index is -0.806. The minimum absolute atomic E-state index is 0.0306. The molecule has 108 valence electrons. The smallest absolute Gasteiger partial charge is 0.233 e. The van der Waals surface area contributed by atoms with E-state index in [0.717, 1.165) is 17.7 Å². The number of benzene rings is 1. The lowest BCUT2D eigenvalue weighted by atomic mass is 9.77. The number of amides is 1. The third-order valence-corrected chi connectivity index (χ3v) is 4.21. The zero-order valence-electron chi connectivity index (χ0n) is 13.0. The summed E-state index contributed by atoms with van der Waals surface area (Å²) in [6.07, 6.45) is 1.15. The second-order valence-electron chi connectivity index (χ2n) is 6.67. The van der Waals surface area contributed by atoms with Crippen molar-refractivity contribution in [2.24, 2.45) is 5.41 Å². The lowest BCUT2D eigenvalue weighted by molar-refractivity contribution is -0.132. The van der Waals surface area contributed by atoms with Crippen LogP contribution in [0.25, 0.3) is 0 Å². The zero-order chi connectivity index (χ0) is 15.1. The highest BCUT2D eigenvalue weighted by molar-refractivity contribution is 6.07. The van der Waals surface area contributed by atoms with E-state index in [1.54, 1.807) is 4.90 Å². The Morgan fingerprint density at radius 1 is 1.30 bits per heavy atom. The summed E-state index contributed by atoms with van der Waals surface area (Å²) in [6.45, 7) is 9.43. The normalized spacial score (nSPS) is 17.9. The number of para-hydroxylation sites is 1. The third-order valence-electron chi connectivity index (χ3n) is 4.21. The highest BCUT2D eigenvalue weighted by atomic mass is 16.2. The van der Waals surface area contributed by atoms with Crippen molar-refractivity contribution < 1.29 is 9.59 Å². The molecule has 1 amide bonds. The average molecular weight is 273 g/mol. The SMILES string of the molecule is CCC(=O)C(C)(C)N1C(=O)C(C)(C)Cc2ccccc21. The molecule has 1 aromatic rings. The number of hydrogen-bond donors (Lipinski definition) is 0. The molecule has 20 heavy (non-hydrogen) atoms. The van der Waals surface area contributed by atoms with Gasteiger partial charge in [-0.1, -0.05) is 39.0 Å². The fourth-order valence-corrected chi connectivity index (χ4v) is 2.95. The highest BCUT2D eigenvalue weighted by Gasteiger charge is 2.46. The summed E-state index contributed by atoms with van der Waals surface area (Å²) in [5.41, 5.74) is 0.733. The van der Waals surface area contributed by atoms with E-state index >= 15 is 0 Å². The van der Waals surface area contributed by atoms with Gasteiger partial charge in [-0.15, -0.1) is 0 Å². The number of anilines is 1. The van der Waals surface area contributed by atoms with Crippen molar-refractivity contribution in [1.82, 2.24) is 0 Å². The van der Waals surface area contributed by atoms with Crippen molar-refractivity contribution in [3.8, 4) is 0 Å². The standard InChI is InChI=1S/C17H23NO2/c1-6-14(19)17(4,5)18-13-10-8-7-9-12(13)11-16(2,3)15(18)20/h7-10H,6,11H2,1-5H3. The molecule has 0 fully saturated rings. The van der Waals surface area contributed by atoms with Gasteiger partial charge in [-0.25, -0.2) is 0 Å². The number of nitrogens with zero attached hydrogens (tertiary/aromatic N) is 1. The maximum atomic E-state index is 12.9. The van der Waals surface area contributed by atoms with E-state index in [2.05, 4.69) is 0 Å².